The van der Waals surface area contributed by atoms with Gasteiger partial charge in [0.2, 0.25) is 0 Å². The number of para-hydroxylation sites is 1. The molecule has 27 heavy (non-hydrogen) atoms. The highest BCUT2D eigenvalue weighted by atomic mass is 16.1. The van der Waals surface area contributed by atoms with E-state index in [1.54, 1.807) is 6.20 Å². The van der Waals surface area contributed by atoms with Crippen LogP contribution in [0.25, 0.3) is 22.3 Å². The van der Waals surface area contributed by atoms with Crippen molar-refractivity contribution in [2.45, 2.75) is 25.8 Å². The van der Waals surface area contributed by atoms with Gasteiger partial charge in [-0.05, 0) is 57.1 Å². The van der Waals surface area contributed by atoms with Gasteiger partial charge in [-0.15, -0.1) is 0 Å². The van der Waals surface area contributed by atoms with E-state index < -0.39 is 0 Å². The highest BCUT2D eigenvalue weighted by Crippen LogP contribution is 2.23. The standard InChI is InChI=1S/C22H24N4O/c1-16(15-26-12-6-7-13-26)24-22(27)18-14-21(20-10-4-5-11-23-20)25-19-9-3-2-8-17(18)19/h2-5,8-11,14,16H,6-7,12-13,15H2,1H3,(H,24,27). The molecule has 0 saturated carbocycles. The van der Waals surface area contributed by atoms with Gasteiger partial charge in [-0.3, -0.25) is 9.78 Å². The van der Waals surface area contributed by atoms with Crippen molar-refractivity contribution in [3.8, 4) is 11.4 Å². The first kappa shape index (κ1) is 17.6. The van der Waals surface area contributed by atoms with E-state index in [2.05, 4.69) is 22.1 Å². The van der Waals surface area contributed by atoms with Crippen LogP contribution in [0.3, 0.4) is 0 Å². The van der Waals surface area contributed by atoms with Gasteiger partial charge in [0.25, 0.3) is 5.91 Å². The maximum Gasteiger partial charge on any atom is 0.252 e. The lowest BCUT2D eigenvalue weighted by Gasteiger charge is -2.21. The number of rotatable bonds is 5. The van der Waals surface area contributed by atoms with Crippen molar-refractivity contribution in [1.29, 1.82) is 0 Å². The molecule has 1 unspecified atom stereocenters. The van der Waals surface area contributed by atoms with E-state index in [1.165, 1.54) is 12.8 Å². The number of nitrogens with zero attached hydrogens (tertiary/aromatic N) is 3. The Morgan fingerprint density at radius 2 is 1.89 bits per heavy atom. The van der Waals surface area contributed by atoms with E-state index in [-0.39, 0.29) is 11.9 Å². The molecule has 3 heterocycles. The smallest absolute Gasteiger partial charge is 0.252 e. The first-order chi connectivity index (χ1) is 13.2. The average molecular weight is 360 g/mol. The average Bonchev–Trinajstić information content (AvgIpc) is 3.20. The summed E-state index contributed by atoms with van der Waals surface area (Å²) in [5.74, 6) is -0.0579. The van der Waals surface area contributed by atoms with Gasteiger partial charge in [0, 0.05) is 24.2 Å². The van der Waals surface area contributed by atoms with Gasteiger partial charge in [-0.25, -0.2) is 4.98 Å². The molecule has 0 radical (unpaired) electrons. The molecule has 0 aliphatic carbocycles. The van der Waals surface area contributed by atoms with Crippen LogP contribution < -0.4 is 5.32 Å². The van der Waals surface area contributed by atoms with Gasteiger partial charge < -0.3 is 10.2 Å². The molecule has 1 aliphatic rings. The summed E-state index contributed by atoms with van der Waals surface area (Å²) in [6, 6.07) is 15.4. The second-order valence-corrected chi connectivity index (χ2v) is 7.17. The number of likely N-dealkylation sites (tertiary alicyclic amines) is 1. The Balaban J connectivity index is 1.64. The van der Waals surface area contributed by atoms with Gasteiger partial charge in [-0.2, -0.15) is 0 Å². The first-order valence-corrected chi connectivity index (χ1v) is 9.55. The third kappa shape index (κ3) is 3.98. The Morgan fingerprint density at radius 1 is 1.11 bits per heavy atom. The van der Waals surface area contributed by atoms with Gasteiger partial charge in [0.05, 0.1) is 22.5 Å². The molecular weight excluding hydrogens is 336 g/mol. The normalized spacial score (nSPS) is 15.7. The fraction of sp³-hybridized carbons (Fsp3) is 0.318. The molecule has 1 fully saturated rings. The molecule has 2 aromatic heterocycles. The van der Waals surface area contributed by atoms with Crippen molar-refractivity contribution < 1.29 is 4.79 Å². The first-order valence-electron chi connectivity index (χ1n) is 9.55. The third-order valence-electron chi connectivity index (χ3n) is 5.00. The molecule has 0 spiro atoms. The molecule has 1 aliphatic heterocycles. The zero-order valence-electron chi connectivity index (χ0n) is 15.6. The molecule has 1 aromatic carbocycles. The number of aromatic nitrogens is 2. The predicted molar refractivity (Wildman–Crippen MR) is 108 cm³/mol. The zero-order chi connectivity index (χ0) is 18.6. The lowest BCUT2D eigenvalue weighted by atomic mass is 10.1. The third-order valence-corrected chi connectivity index (χ3v) is 5.00. The van der Waals surface area contributed by atoms with Crippen LogP contribution in [0.1, 0.15) is 30.1 Å². The van der Waals surface area contributed by atoms with Crippen molar-refractivity contribution in [1.82, 2.24) is 20.2 Å². The summed E-state index contributed by atoms with van der Waals surface area (Å²) in [5.41, 5.74) is 2.93. The van der Waals surface area contributed by atoms with E-state index in [4.69, 9.17) is 4.98 Å². The summed E-state index contributed by atoms with van der Waals surface area (Å²) in [6.45, 7) is 5.21. The number of carbonyl (C=O) groups excluding carboxylic acids is 1. The summed E-state index contributed by atoms with van der Waals surface area (Å²) in [5, 5.41) is 4.03. The molecular formula is C22H24N4O. The van der Waals surface area contributed by atoms with E-state index in [0.29, 0.717) is 11.3 Å². The maximum absolute atomic E-state index is 13.0. The second-order valence-electron chi connectivity index (χ2n) is 7.17. The lowest BCUT2D eigenvalue weighted by molar-refractivity contribution is 0.0933. The van der Waals surface area contributed by atoms with Crippen LogP contribution in [0.15, 0.2) is 54.7 Å². The Labute approximate surface area is 159 Å². The molecule has 0 bridgehead atoms. The molecule has 4 rings (SSSR count). The molecule has 1 N–H and O–H groups in total. The highest BCUT2D eigenvalue weighted by Gasteiger charge is 2.19. The van der Waals surface area contributed by atoms with Gasteiger partial charge in [0.15, 0.2) is 0 Å². The Kier molecular flexibility index (Phi) is 5.12. The monoisotopic (exact) mass is 360 g/mol. The van der Waals surface area contributed by atoms with Gasteiger partial charge in [0.1, 0.15) is 0 Å². The Bertz CT molecular complexity index is 935. The number of fused-ring (bicyclic) bond motifs is 1. The van der Waals surface area contributed by atoms with Crippen LogP contribution >= 0.6 is 0 Å². The summed E-state index contributed by atoms with van der Waals surface area (Å²) < 4.78 is 0. The van der Waals surface area contributed by atoms with E-state index in [1.807, 2.05) is 48.5 Å². The fourth-order valence-electron chi connectivity index (χ4n) is 3.71. The minimum atomic E-state index is -0.0579. The van der Waals surface area contributed by atoms with Crippen molar-refractivity contribution in [3.63, 3.8) is 0 Å². The molecule has 3 aromatic rings. The SMILES string of the molecule is CC(CN1CCCC1)NC(=O)c1cc(-c2ccccn2)nc2ccccc12. The molecule has 1 atom stereocenters. The van der Waals surface area contributed by atoms with Crippen molar-refractivity contribution in [3.05, 3.63) is 60.3 Å². The Hall–Kier alpha value is -2.79. The summed E-state index contributed by atoms with van der Waals surface area (Å²) in [7, 11) is 0. The van der Waals surface area contributed by atoms with Crippen molar-refractivity contribution in [2.24, 2.45) is 0 Å². The summed E-state index contributed by atoms with van der Waals surface area (Å²) in [6.07, 6.45) is 4.25. The molecule has 5 heteroatoms. The number of hydrogen-bond acceptors (Lipinski definition) is 4. The number of nitrogens with one attached hydrogen (secondary N) is 1. The number of pyridine rings is 2. The van der Waals surface area contributed by atoms with E-state index in [0.717, 1.165) is 36.2 Å². The fourth-order valence-corrected chi connectivity index (χ4v) is 3.71. The van der Waals surface area contributed by atoms with Crippen LogP contribution in [0.4, 0.5) is 0 Å². The van der Waals surface area contributed by atoms with E-state index in [9.17, 15) is 4.79 Å². The van der Waals surface area contributed by atoms with E-state index >= 15 is 0 Å². The number of hydrogen-bond donors (Lipinski definition) is 1. The summed E-state index contributed by atoms with van der Waals surface area (Å²) >= 11 is 0. The highest BCUT2D eigenvalue weighted by molar-refractivity contribution is 6.07. The zero-order valence-corrected chi connectivity index (χ0v) is 15.6. The Morgan fingerprint density at radius 3 is 2.67 bits per heavy atom. The molecule has 138 valence electrons. The minimum Gasteiger partial charge on any atom is -0.348 e. The second kappa shape index (κ2) is 7.84. The quantitative estimate of drug-likeness (QED) is 0.756. The largest absolute Gasteiger partial charge is 0.348 e. The van der Waals surface area contributed by atoms with Crippen LogP contribution in [-0.2, 0) is 0 Å². The van der Waals surface area contributed by atoms with Crippen LogP contribution in [0.5, 0.6) is 0 Å². The number of amides is 1. The van der Waals surface area contributed by atoms with Crippen LogP contribution in [0, 0.1) is 0 Å². The number of benzene rings is 1. The summed E-state index contributed by atoms with van der Waals surface area (Å²) in [4.78, 5) is 24.5. The molecule has 1 amide bonds. The predicted octanol–water partition coefficient (Wildman–Crippen LogP) is 3.51. The lowest BCUT2D eigenvalue weighted by Crippen LogP contribution is -2.41. The van der Waals surface area contributed by atoms with Gasteiger partial charge in [-0.1, -0.05) is 24.3 Å². The van der Waals surface area contributed by atoms with Crippen molar-refractivity contribution in [2.75, 3.05) is 19.6 Å². The van der Waals surface area contributed by atoms with Crippen molar-refractivity contribution >= 4 is 16.8 Å². The molecule has 1 saturated heterocycles. The minimum absolute atomic E-state index is 0.0579. The van der Waals surface area contributed by atoms with Crippen LogP contribution in [-0.4, -0.2) is 46.5 Å². The van der Waals surface area contributed by atoms with Crippen LogP contribution in [0.2, 0.25) is 0 Å². The number of carbonyl (C=O) groups is 1. The maximum atomic E-state index is 13.0. The molecule has 5 nitrogen and oxygen atoms in total. The topological polar surface area (TPSA) is 58.1 Å². The van der Waals surface area contributed by atoms with Gasteiger partial charge >= 0.3 is 0 Å².